The SMILES string of the molecule is Cc1ccc2c(c1)C1C(O2)B2c3c(cccc3N(c3ccc4c(c3)C3C=CC=CC3c3ccccc3-4)C3c4cc(C)ccc4OC23)N1c1ccc2c(c1)C1C=CC=CC1c1ccccc1-2. The van der Waals surface area contributed by atoms with Gasteiger partial charge in [0.2, 0.25) is 0 Å². The van der Waals surface area contributed by atoms with Crippen LogP contribution in [0.3, 0.4) is 0 Å². The van der Waals surface area contributed by atoms with Crippen LogP contribution >= 0.6 is 0 Å². The van der Waals surface area contributed by atoms with Crippen molar-refractivity contribution < 1.29 is 9.47 Å². The summed E-state index contributed by atoms with van der Waals surface area (Å²) in [4.78, 5) is 5.28. The molecule has 5 heteroatoms. The summed E-state index contributed by atoms with van der Waals surface area (Å²) in [6.07, 6.45) is 18.5. The zero-order valence-corrected chi connectivity index (χ0v) is 36.3. The molecule has 4 heterocycles. The lowest BCUT2D eigenvalue weighted by atomic mass is 9.31. The summed E-state index contributed by atoms with van der Waals surface area (Å²) < 4.78 is 14.8. The van der Waals surface area contributed by atoms with Crippen LogP contribution in [0, 0.1) is 13.8 Å². The van der Waals surface area contributed by atoms with Crippen LogP contribution in [0.1, 0.15) is 80.3 Å². The summed E-state index contributed by atoms with van der Waals surface area (Å²) in [7, 11) is 0. The maximum Gasteiger partial charge on any atom is 0.283 e. The van der Waals surface area contributed by atoms with Gasteiger partial charge < -0.3 is 19.3 Å². The van der Waals surface area contributed by atoms with Gasteiger partial charge in [-0.3, -0.25) is 0 Å². The number of allylic oxidation sites excluding steroid dienone is 8. The largest absolute Gasteiger partial charge is 0.495 e. The normalized spacial score (nSPS) is 25.6. The number of hydrogen-bond acceptors (Lipinski definition) is 4. The van der Waals surface area contributed by atoms with Crippen molar-refractivity contribution in [2.45, 2.75) is 61.6 Å². The second-order valence-corrected chi connectivity index (χ2v) is 19.5. The van der Waals surface area contributed by atoms with E-state index in [0.29, 0.717) is 11.8 Å². The van der Waals surface area contributed by atoms with E-state index in [2.05, 4.69) is 212 Å². The molecule has 0 spiro atoms. The third-order valence-electron chi connectivity index (χ3n) is 16.1. The van der Waals surface area contributed by atoms with E-state index in [4.69, 9.17) is 9.47 Å². The maximum atomic E-state index is 7.38. The van der Waals surface area contributed by atoms with Gasteiger partial charge in [0.05, 0.1) is 12.1 Å². The fraction of sp³-hybridized carbons (Fsp3) is 0.167. The Morgan fingerprint density at radius 2 is 0.831 bits per heavy atom. The lowest BCUT2D eigenvalue weighted by Crippen LogP contribution is -2.67. The highest BCUT2D eigenvalue weighted by molar-refractivity contribution is 6.80. The van der Waals surface area contributed by atoms with Gasteiger partial charge in [0.15, 0.2) is 0 Å². The molecule has 8 atom stereocenters. The standard InChI is InChI=1S/C60H45BN2O2/c1-34-22-28-54-50(30-34)57-59(64-54)61-56-52(62(57)36-24-26-46-42-16-5-3-12-38(42)40-14-7-9-18-44(40)48(46)32-36)20-11-21-53(56)63(58-51-31-35(2)23-29-55(51)65-60(58)61)37-25-27-47-43-17-6-4-13-39(43)41-15-8-10-19-45(41)49(47)33-37/h3-33,40-41,44-45,57-60H,1-2H3. The molecule has 0 saturated heterocycles. The maximum absolute atomic E-state index is 7.38. The molecule has 8 aliphatic rings. The molecule has 0 saturated carbocycles. The average molecular weight is 837 g/mol. The molecular weight excluding hydrogens is 791 g/mol. The van der Waals surface area contributed by atoms with Crippen molar-refractivity contribution >= 4 is 34.9 Å². The predicted molar refractivity (Wildman–Crippen MR) is 264 cm³/mol. The number of anilines is 4. The third kappa shape index (κ3) is 4.88. The van der Waals surface area contributed by atoms with E-state index in [0.717, 1.165) is 11.5 Å². The number of ether oxygens (including phenoxy) is 2. The van der Waals surface area contributed by atoms with Crippen LogP contribution in [0.4, 0.5) is 22.7 Å². The van der Waals surface area contributed by atoms with Gasteiger partial charge in [-0.05, 0) is 112 Å². The molecule has 0 radical (unpaired) electrons. The molecule has 4 nitrogen and oxygen atoms in total. The van der Waals surface area contributed by atoms with Crippen molar-refractivity contribution in [3.05, 3.63) is 233 Å². The summed E-state index contributed by atoms with van der Waals surface area (Å²) in [5.74, 6) is 3.06. The molecule has 15 rings (SSSR count). The molecular formula is C60H45BN2O2. The number of benzene rings is 7. The van der Waals surface area contributed by atoms with Crippen LogP contribution in [-0.4, -0.2) is 18.7 Å². The van der Waals surface area contributed by atoms with Crippen molar-refractivity contribution in [2.75, 3.05) is 9.80 Å². The van der Waals surface area contributed by atoms with Crippen molar-refractivity contribution in [1.29, 1.82) is 0 Å². The van der Waals surface area contributed by atoms with E-state index < -0.39 is 0 Å². The Morgan fingerprint density at radius 3 is 1.31 bits per heavy atom. The monoisotopic (exact) mass is 836 g/mol. The van der Waals surface area contributed by atoms with E-state index in [9.17, 15) is 0 Å². The first kappa shape index (κ1) is 36.1. The minimum atomic E-state index is -0.188. The number of fused-ring (bicyclic) bond motifs is 20. The lowest BCUT2D eigenvalue weighted by molar-refractivity contribution is 0.238. The van der Waals surface area contributed by atoms with E-state index in [-0.39, 0.29) is 42.6 Å². The molecule has 0 N–H and O–H groups in total. The third-order valence-corrected chi connectivity index (χ3v) is 16.1. The Kier molecular flexibility index (Phi) is 7.32. The van der Waals surface area contributed by atoms with Crippen molar-refractivity contribution in [3.63, 3.8) is 0 Å². The Bertz CT molecular complexity index is 3140. The summed E-state index contributed by atoms with van der Waals surface area (Å²) in [6.45, 7) is 4.38. The van der Waals surface area contributed by atoms with Crippen molar-refractivity contribution in [3.8, 4) is 33.8 Å². The quantitative estimate of drug-likeness (QED) is 0.162. The van der Waals surface area contributed by atoms with Gasteiger partial charge in [0, 0.05) is 57.5 Å². The Hall–Kier alpha value is -7.24. The van der Waals surface area contributed by atoms with Gasteiger partial charge >= 0.3 is 0 Å². The van der Waals surface area contributed by atoms with Gasteiger partial charge in [-0.15, -0.1) is 0 Å². The first-order valence-corrected chi connectivity index (χ1v) is 23.5. The zero-order valence-electron chi connectivity index (χ0n) is 36.3. The smallest absolute Gasteiger partial charge is 0.283 e. The predicted octanol–water partition coefficient (Wildman–Crippen LogP) is 13.3. The van der Waals surface area contributed by atoms with Gasteiger partial charge in [-0.2, -0.15) is 0 Å². The van der Waals surface area contributed by atoms with Crippen LogP contribution < -0.4 is 24.7 Å². The highest BCUT2D eigenvalue weighted by atomic mass is 16.5. The summed E-state index contributed by atoms with van der Waals surface area (Å²) >= 11 is 0. The Morgan fingerprint density at radius 1 is 0.400 bits per heavy atom. The summed E-state index contributed by atoms with van der Waals surface area (Å²) in [5, 5.41) is 0. The number of aryl methyl sites for hydroxylation is 2. The summed E-state index contributed by atoms with van der Waals surface area (Å²) in [6, 6.07) is 52.7. The van der Waals surface area contributed by atoms with Crippen LogP contribution in [0.5, 0.6) is 11.5 Å². The first-order chi connectivity index (χ1) is 32.1. The van der Waals surface area contributed by atoms with Crippen LogP contribution in [-0.2, 0) is 0 Å². The van der Waals surface area contributed by atoms with E-state index in [1.165, 1.54) is 95.0 Å². The topological polar surface area (TPSA) is 24.9 Å². The average Bonchev–Trinajstić information content (AvgIpc) is 3.92. The zero-order chi connectivity index (χ0) is 42.7. The molecule has 8 unspecified atom stereocenters. The molecule has 310 valence electrons. The first-order valence-electron chi connectivity index (χ1n) is 23.5. The van der Waals surface area contributed by atoms with E-state index in [1.807, 2.05) is 0 Å². The van der Waals surface area contributed by atoms with Crippen LogP contribution in [0.15, 0.2) is 188 Å². The van der Waals surface area contributed by atoms with Crippen LogP contribution in [0.25, 0.3) is 22.3 Å². The highest BCUT2D eigenvalue weighted by Gasteiger charge is 2.62. The molecule has 4 aliphatic heterocycles. The van der Waals surface area contributed by atoms with Crippen molar-refractivity contribution in [1.82, 2.24) is 0 Å². The molecule has 0 amide bonds. The van der Waals surface area contributed by atoms with Crippen LogP contribution in [0.2, 0.25) is 0 Å². The molecule has 7 aromatic rings. The molecule has 4 aliphatic carbocycles. The lowest BCUT2D eigenvalue weighted by Gasteiger charge is -2.51. The summed E-state index contributed by atoms with van der Waals surface area (Å²) in [5.41, 5.74) is 22.0. The molecule has 7 aromatic carbocycles. The minimum absolute atomic E-state index is 0.0373. The molecule has 0 fully saturated rings. The number of nitrogens with zero attached hydrogens (tertiary/aromatic N) is 2. The number of rotatable bonds is 2. The van der Waals surface area contributed by atoms with E-state index in [1.54, 1.807) is 0 Å². The van der Waals surface area contributed by atoms with Gasteiger partial charge in [0.25, 0.3) is 6.71 Å². The minimum Gasteiger partial charge on any atom is -0.495 e. The second-order valence-electron chi connectivity index (χ2n) is 19.5. The van der Waals surface area contributed by atoms with Crippen molar-refractivity contribution in [2.24, 2.45) is 0 Å². The molecule has 65 heavy (non-hydrogen) atoms. The second kappa shape index (κ2) is 13.2. The van der Waals surface area contributed by atoms with Gasteiger partial charge in [-0.25, -0.2) is 0 Å². The number of hydrogen-bond donors (Lipinski definition) is 0. The van der Waals surface area contributed by atoms with E-state index >= 15 is 0 Å². The highest BCUT2D eigenvalue weighted by Crippen LogP contribution is 2.59. The fourth-order valence-electron chi connectivity index (χ4n) is 13.5. The fourth-order valence-corrected chi connectivity index (χ4v) is 13.5. The Balaban J connectivity index is 0.968. The van der Waals surface area contributed by atoms with Gasteiger partial charge in [-0.1, -0.05) is 151 Å². The molecule has 0 aromatic heterocycles. The Labute approximate surface area is 380 Å². The molecule has 0 bridgehead atoms. The van der Waals surface area contributed by atoms with Gasteiger partial charge in [0.1, 0.15) is 23.5 Å².